The van der Waals surface area contributed by atoms with E-state index in [9.17, 15) is 4.79 Å². The smallest absolute Gasteiger partial charge is 0.136 e. The average molecular weight is 160 g/mol. The van der Waals surface area contributed by atoms with Crippen molar-refractivity contribution in [3.05, 3.63) is 0 Å². The van der Waals surface area contributed by atoms with Crippen molar-refractivity contribution in [2.45, 2.75) is 12.8 Å². The van der Waals surface area contributed by atoms with Crippen molar-refractivity contribution in [3.63, 3.8) is 0 Å². The Bertz CT molecular complexity index is 301. The van der Waals surface area contributed by atoms with Crippen molar-refractivity contribution in [2.24, 2.45) is 47.3 Å². The number of Topliss-reactive ketones (excluding diaryl/α,β-unsaturated/α-hetero) is 1. The minimum absolute atomic E-state index is 0.591. The van der Waals surface area contributed by atoms with E-state index in [4.69, 9.17) is 0 Å². The normalized spacial score (nSPS) is 79.2. The van der Waals surface area contributed by atoms with Crippen molar-refractivity contribution < 1.29 is 4.79 Å². The number of rotatable bonds is 0. The maximum atomic E-state index is 11.6. The van der Waals surface area contributed by atoms with Gasteiger partial charge in [0.2, 0.25) is 0 Å². The molecule has 0 N–H and O–H groups in total. The van der Waals surface area contributed by atoms with Crippen LogP contribution in [0.3, 0.4) is 0 Å². The molecule has 4 atom stereocenters. The van der Waals surface area contributed by atoms with Gasteiger partial charge in [-0.15, -0.1) is 0 Å². The van der Waals surface area contributed by atoms with Crippen LogP contribution < -0.4 is 0 Å². The van der Waals surface area contributed by atoms with Crippen molar-refractivity contribution in [1.29, 1.82) is 0 Å². The zero-order valence-electron chi connectivity index (χ0n) is 6.94. The molecule has 0 aromatic rings. The highest BCUT2D eigenvalue weighted by molar-refractivity contribution is 5.86. The second-order valence-corrected chi connectivity index (χ2v) is 5.73. The summed E-state index contributed by atoms with van der Waals surface area (Å²) in [5.74, 6) is 8.21. The lowest BCUT2D eigenvalue weighted by molar-refractivity contribution is -0.239. The van der Waals surface area contributed by atoms with Gasteiger partial charge in [-0.2, -0.15) is 0 Å². The van der Waals surface area contributed by atoms with E-state index < -0.39 is 0 Å². The molecule has 0 spiro atoms. The third-order valence-corrected chi connectivity index (χ3v) is 6.04. The van der Waals surface area contributed by atoms with Gasteiger partial charge in [-0.3, -0.25) is 4.79 Å². The van der Waals surface area contributed by atoms with Gasteiger partial charge in [0, 0.05) is 12.3 Å². The first kappa shape index (κ1) is 5.41. The van der Waals surface area contributed by atoms with Crippen LogP contribution in [-0.2, 0) is 4.79 Å². The fraction of sp³-hybridized carbons (Fsp3) is 0.909. The van der Waals surface area contributed by atoms with E-state index >= 15 is 0 Å². The van der Waals surface area contributed by atoms with Crippen LogP contribution in [0.4, 0.5) is 0 Å². The summed E-state index contributed by atoms with van der Waals surface area (Å²) in [6, 6.07) is 0. The molecule has 0 radical (unpaired) electrons. The molecular weight excluding hydrogens is 148 g/mol. The minimum atomic E-state index is 0.591. The van der Waals surface area contributed by atoms with Gasteiger partial charge in [0.15, 0.2) is 0 Å². The van der Waals surface area contributed by atoms with E-state index in [0.29, 0.717) is 11.7 Å². The third-order valence-electron chi connectivity index (χ3n) is 6.04. The highest BCUT2D eigenvalue weighted by Crippen LogP contribution is 2.84. The lowest BCUT2D eigenvalue weighted by atomic mass is 9.32. The van der Waals surface area contributed by atoms with Crippen molar-refractivity contribution >= 4 is 5.78 Å². The van der Waals surface area contributed by atoms with Gasteiger partial charge in [-0.1, -0.05) is 0 Å². The van der Waals surface area contributed by atoms with E-state index in [2.05, 4.69) is 0 Å². The molecule has 6 saturated carbocycles. The standard InChI is InChI=1S/C11H12O/c12-6-2-5-7-3-1-4-9(7)11(6)10(4)8(3)5/h3-5,7-11H,1-2H2. The summed E-state index contributed by atoms with van der Waals surface area (Å²) in [6.45, 7) is 0. The van der Waals surface area contributed by atoms with E-state index in [1.165, 1.54) is 6.42 Å². The maximum Gasteiger partial charge on any atom is 0.136 e. The Morgan fingerprint density at radius 3 is 2.33 bits per heavy atom. The Hall–Kier alpha value is -0.330. The predicted octanol–water partition coefficient (Wildman–Crippen LogP) is 1.33. The van der Waals surface area contributed by atoms with Gasteiger partial charge < -0.3 is 0 Å². The Balaban J connectivity index is 1.80. The molecule has 6 aliphatic rings. The van der Waals surface area contributed by atoms with Crippen LogP contribution in [0, 0.1) is 47.3 Å². The monoisotopic (exact) mass is 160 g/mol. The lowest BCUT2D eigenvalue weighted by Gasteiger charge is -2.71. The second kappa shape index (κ2) is 1.21. The number of hydrogen-bond acceptors (Lipinski definition) is 1. The van der Waals surface area contributed by atoms with Gasteiger partial charge in [0.05, 0.1) is 0 Å². The van der Waals surface area contributed by atoms with Crippen LogP contribution in [0.25, 0.3) is 0 Å². The lowest BCUT2D eigenvalue weighted by Crippen LogP contribution is -2.71. The molecule has 0 amide bonds. The predicted molar refractivity (Wildman–Crippen MR) is 42.2 cm³/mol. The number of carbonyl (C=O) groups excluding carboxylic acids is 1. The molecule has 0 saturated heterocycles. The zero-order valence-corrected chi connectivity index (χ0v) is 6.94. The maximum absolute atomic E-state index is 11.6. The van der Waals surface area contributed by atoms with E-state index in [0.717, 1.165) is 47.8 Å². The van der Waals surface area contributed by atoms with Crippen LogP contribution in [0.5, 0.6) is 0 Å². The molecular formula is C11H12O. The summed E-state index contributed by atoms with van der Waals surface area (Å²) in [5, 5.41) is 0. The number of ketones is 1. The number of hydrogen-bond donors (Lipinski definition) is 0. The fourth-order valence-corrected chi connectivity index (χ4v) is 6.11. The first-order valence-corrected chi connectivity index (χ1v) is 5.40. The van der Waals surface area contributed by atoms with E-state index in [1.54, 1.807) is 0 Å². The summed E-state index contributed by atoms with van der Waals surface area (Å²) in [4.78, 5) is 11.6. The average Bonchev–Trinajstić information content (AvgIpc) is 2.51. The van der Waals surface area contributed by atoms with Gasteiger partial charge in [-0.05, 0) is 47.8 Å². The highest BCUT2D eigenvalue weighted by atomic mass is 16.1. The molecule has 62 valence electrons. The van der Waals surface area contributed by atoms with Crippen LogP contribution in [0.2, 0.25) is 0 Å². The highest BCUT2D eigenvalue weighted by Gasteiger charge is 2.82. The van der Waals surface area contributed by atoms with Crippen molar-refractivity contribution in [1.82, 2.24) is 0 Å². The van der Waals surface area contributed by atoms with Gasteiger partial charge in [0.1, 0.15) is 5.78 Å². The van der Waals surface area contributed by atoms with Crippen molar-refractivity contribution in [3.8, 4) is 0 Å². The molecule has 4 unspecified atom stereocenters. The molecule has 6 aliphatic carbocycles. The molecule has 6 rings (SSSR count). The summed E-state index contributed by atoms with van der Waals surface area (Å²) >= 11 is 0. The van der Waals surface area contributed by atoms with Crippen molar-refractivity contribution in [2.75, 3.05) is 0 Å². The quantitative estimate of drug-likeness (QED) is 0.522. The molecule has 1 heteroatoms. The SMILES string of the molecule is O=C1CC2C3C4CC5C3C1C5C24. The minimum Gasteiger partial charge on any atom is -0.299 e. The molecule has 0 heterocycles. The molecule has 0 aromatic heterocycles. The summed E-state index contributed by atoms with van der Waals surface area (Å²) in [6.07, 6.45) is 2.50. The van der Waals surface area contributed by atoms with E-state index in [-0.39, 0.29) is 0 Å². The first-order chi connectivity index (χ1) is 5.88. The van der Waals surface area contributed by atoms with Gasteiger partial charge >= 0.3 is 0 Å². The Morgan fingerprint density at radius 2 is 1.58 bits per heavy atom. The van der Waals surface area contributed by atoms with Gasteiger partial charge in [0.25, 0.3) is 0 Å². The Morgan fingerprint density at radius 1 is 0.917 bits per heavy atom. The number of carbonyl (C=O) groups is 1. The fourth-order valence-electron chi connectivity index (χ4n) is 6.11. The molecule has 12 heavy (non-hydrogen) atoms. The largest absolute Gasteiger partial charge is 0.299 e. The molecule has 0 aromatic carbocycles. The molecule has 0 aliphatic heterocycles. The second-order valence-electron chi connectivity index (χ2n) is 5.73. The number of fused-ring (bicyclic) bond motifs is 1. The topological polar surface area (TPSA) is 17.1 Å². The Kier molecular flexibility index (Phi) is 0.547. The van der Waals surface area contributed by atoms with Crippen LogP contribution >= 0.6 is 0 Å². The Labute approximate surface area is 71.5 Å². The zero-order chi connectivity index (χ0) is 7.61. The summed E-state index contributed by atoms with van der Waals surface area (Å²) in [5.41, 5.74) is 0. The third kappa shape index (κ3) is 0.272. The molecule has 1 nitrogen and oxygen atoms in total. The van der Waals surface area contributed by atoms with Crippen LogP contribution in [-0.4, -0.2) is 5.78 Å². The van der Waals surface area contributed by atoms with Crippen LogP contribution in [0.15, 0.2) is 0 Å². The molecule has 4 bridgehead atoms. The van der Waals surface area contributed by atoms with E-state index in [1.807, 2.05) is 0 Å². The summed E-state index contributed by atoms with van der Waals surface area (Å²) in [7, 11) is 0. The molecule has 6 fully saturated rings. The summed E-state index contributed by atoms with van der Waals surface area (Å²) < 4.78 is 0. The first-order valence-electron chi connectivity index (χ1n) is 5.40. The van der Waals surface area contributed by atoms with Crippen LogP contribution in [0.1, 0.15) is 12.8 Å². The van der Waals surface area contributed by atoms with Gasteiger partial charge in [-0.25, -0.2) is 0 Å².